The second-order valence-corrected chi connectivity index (χ2v) is 6.80. The summed E-state index contributed by atoms with van der Waals surface area (Å²) in [6, 6.07) is 2.08. The Morgan fingerprint density at radius 1 is 1.48 bits per heavy atom. The number of rotatable bonds is 5. The van der Waals surface area contributed by atoms with Gasteiger partial charge in [-0.25, -0.2) is 0 Å². The molecule has 1 saturated heterocycles. The van der Waals surface area contributed by atoms with Crippen molar-refractivity contribution in [1.29, 1.82) is 0 Å². The van der Waals surface area contributed by atoms with Gasteiger partial charge in [-0.2, -0.15) is 0 Å². The van der Waals surface area contributed by atoms with E-state index >= 15 is 0 Å². The molecule has 1 unspecified atom stereocenters. The number of likely N-dealkylation sites (tertiary alicyclic amines) is 1. The van der Waals surface area contributed by atoms with Crippen molar-refractivity contribution < 1.29 is 14.7 Å². The summed E-state index contributed by atoms with van der Waals surface area (Å²) in [6.45, 7) is 5.46. The van der Waals surface area contributed by atoms with Crippen molar-refractivity contribution >= 4 is 27.8 Å². The van der Waals surface area contributed by atoms with Gasteiger partial charge >= 0.3 is 5.97 Å². The molecule has 1 aromatic rings. The number of nitrogens with zero attached hydrogens (tertiary/aromatic N) is 2. The van der Waals surface area contributed by atoms with E-state index in [0.29, 0.717) is 31.1 Å². The summed E-state index contributed by atoms with van der Waals surface area (Å²) < 4.78 is 2.87. The van der Waals surface area contributed by atoms with Crippen LogP contribution in [-0.2, 0) is 4.79 Å². The molecule has 0 radical (unpaired) electrons. The average molecular weight is 357 g/mol. The molecule has 1 N–H and O–H groups in total. The molecule has 1 atom stereocenters. The maximum absolute atomic E-state index is 12.6. The first-order valence-corrected chi connectivity index (χ1v) is 8.06. The van der Waals surface area contributed by atoms with Crippen LogP contribution < -0.4 is 0 Å². The van der Waals surface area contributed by atoms with Crippen molar-refractivity contribution in [2.24, 2.45) is 5.92 Å². The van der Waals surface area contributed by atoms with Gasteiger partial charge in [-0.3, -0.25) is 9.59 Å². The molecular weight excluding hydrogens is 336 g/mol. The molecule has 116 valence electrons. The molecule has 1 aromatic heterocycles. The Hall–Kier alpha value is -1.30. The highest BCUT2D eigenvalue weighted by atomic mass is 79.9. The second kappa shape index (κ2) is 6.64. The van der Waals surface area contributed by atoms with Gasteiger partial charge in [-0.15, -0.1) is 0 Å². The van der Waals surface area contributed by atoms with Crippen molar-refractivity contribution in [3.05, 3.63) is 22.4 Å². The fourth-order valence-corrected chi connectivity index (χ4v) is 3.22. The van der Waals surface area contributed by atoms with Crippen LogP contribution in [0.3, 0.4) is 0 Å². The molecule has 0 aromatic carbocycles. The molecule has 0 saturated carbocycles. The summed E-state index contributed by atoms with van der Waals surface area (Å²) in [4.78, 5) is 25.1. The van der Waals surface area contributed by atoms with Crippen LogP contribution in [0.2, 0.25) is 0 Å². The van der Waals surface area contributed by atoms with Crippen molar-refractivity contribution in [2.45, 2.75) is 39.2 Å². The highest BCUT2D eigenvalue weighted by Crippen LogP contribution is 2.25. The lowest BCUT2D eigenvalue weighted by Crippen LogP contribution is -2.30. The summed E-state index contributed by atoms with van der Waals surface area (Å²) in [5, 5.41) is 8.74. The van der Waals surface area contributed by atoms with Gasteiger partial charge in [-0.1, -0.05) is 0 Å². The Morgan fingerprint density at radius 3 is 2.81 bits per heavy atom. The minimum Gasteiger partial charge on any atom is -0.481 e. The molecule has 1 amide bonds. The zero-order valence-corrected chi connectivity index (χ0v) is 14.0. The molecule has 5 nitrogen and oxygen atoms in total. The van der Waals surface area contributed by atoms with Crippen LogP contribution in [0.25, 0.3) is 0 Å². The minimum atomic E-state index is -0.766. The number of hydrogen-bond donors (Lipinski definition) is 1. The number of aliphatic carboxylic acids is 1. The Kier molecular flexibility index (Phi) is 5.08. The van der Waals surface area contributed by atoms with E-state index in [-0.39, 0.29) is 18.4 Å². The van der Waals surface area contributed by atoms with Crippen LogP contribution in [0.4, 0.5) is 0 Å². The predicted octanol–water partition coefficient (Wildman–Crippen LogP) is 3.16. The van der Waals surface area contributed by atoms with E-state index in [9.17, 15) is 9.59 Å². The highest BCUT2D eigenvalue weighted by molar-refractivity contribution is 9.10. The van der Waals surface area contributed by atoms with Gasteiger partial charge in [0.2, 0.25) is 0 Å². The van der Waals surface area contributed by atoms with Crippen LogP contribution in [0.5, 0.6) is 0 Å². The molecule has 0 bridgehead atoms. The molecule has 2 heterocycles. The minimum absolute atomic E-state index is 0.0345. The zero-order chi connectivity index (χ0) is 15.6. The Bertz CT molecular complexity index is 539. The first kappa shape index (κ1) is 16.1. The van der Waals surface area contributed by atoms with Gasteiger partial charge in [0.1, 0.15) is 5.69 Å². The topological polar surface area (TPSA) is 62.5 Å². The smallest absolute Gasteiger partial charge is 0.303 e. The Balaban J connectivity index is 2.03. The summed E-state index contributed by atoms with van der Waals surface area (Å²) in [5.74, 6) is -0.430. The third-order valence-electron chi connectivity index (χ3n) is 3.93. The van der Waals surface area contributed by atoms with Crippen LogP contribution in [0.1, 0.15) is 49.6 Å². The Morgan fingerprint density at radius 2 is 2.19 bits per heavy atom. The van der Waals surface area contributed by atoms with Crippen molar-refractivity contribution in [1.82, 2.24) is 9.47 Å². The van der Waals surface area contributed by atoms with Gasteiger partial charge in [0.25, 0.3) is 5.91 Å². The number of carboxylic acids is 1. The SMILES string of the molecule is CC(C)n1cc(Br)cc1C(=O)N1CCC(CCC(=O)O)C1. The third-order valence-corrected chi connectivity index (χ3v) is 4.36. The van der Waals surface area contributed by atoms with E-state index in [4.69, 9.17) is 5.11 Å². The lowest BCUT2D eigenvalue weighted by Gasteiger charge is -2.19. The van der Waals surface area contributed by atoms with Crippen LogP contribution >= 0.6 is 15.9 Å². The third kappa shape index (κ3) is 3.87. The summed E-state index contributed by atoms with van der Waals surface area (Å²) in [6.07, 6.45) is 3.65. The molecule has 21 heavy (non-hydrogen) atoms. The second-order valence-electron chi connectivity index (χ2n) is 5.88. The fourth-order valence-electron chi connectivity index (χ4n) is 2.79. The van der Waals surface area contributed by atoms with Gasteiger partial charge in [0.15, 0.2) is 0 Å². The molecule has 0 spiro atoms. The van der Waals surface area contributed by atoms with Crippen LogP contribution in [0.15, 0.2) is 16.7 Å². The molecule has 2 rings (SSSR count). The number of hydrogen-bond acceptors (Lipinski definition) is 2. The molecule has 0 aliphatic carbocycles. The number of amides is 1. The standard InChI is InChI=1S/C15H21BrN2O3/c1-10(2)18-9-12(16)7-13(18)15(21)17-6-5-11(8-17)3-4-14(19)20/h7,9-11H,3-6,8H2,1-2H3,(H,19,20). The molecule has 1 aliphatic heterocycles. The van der Waals surface area contributed by atoms with Crippen molar-refractivity contribution in [2.75, 3.05) is 13.1 Å². The zero-order valence-electron chi connectivity index (χ0n) is 12.4. The maximum atomic E-state index is 12.6. The van der Waals surface area contributed by atoms with E-state index in [2.05, 4.69) is 15.9 Å². The summed E-state index contributed by atoms with van der Waals surface area (Å²) in [5.41, 5.74) is 0.691. The lowest BCUT2D eigenvalue weighted by molar-refractivity contribution is -0.137. The number of carboxylic acid groups (broad SMARTS) is 1. The lowest BCUT2D eigenvalue weighted by atomic mass is 10.0. The largest absolute Gasteiger partial charge is 0.481 e. The highest BCUT2D eigenvalue weighted by Gasteiger charge is 2.29. The maximum Gasteiger partial charge on any atom is 0.303 e. The number of aromatic nitrogens is 1. The van der Waals surface area contributed by atoms with E-state index in [1.165, 1.54) is 0 Å². The Labute approximate surface area is 133 Å². The van der Waals surface area contributed by atoms with E-state index in [1.807, 2.05) is 35.6 Å². The van der Waals surface area contributed by atoms with Gasteiger partial charge in [0.05, 0.1) is 0 Å². The molecule has 6 heteroatoms. The van der Waals surface area contributed by atoms with Crippen LogP contribution in [0, 0.1) is 5.92 Å². The van der Waals surface area contributed by atoms with Crippen LogP contribution in [-0.4, -0.2) is 39.5 Å². The van der Waals surface area contributed by atoms with E-state index in [1.54, 1.807) is 0 Å². The monoisotopic (exact) mass is 356 g/mol. The summed E-state index contributed by atoms with van der Waals surface area (Å²) in [7, 11) is 0. The quantitative estimate of drug-likeness (QED) is 0.881. The van der Waals surface area contributed by atoms with Gasteiger partial charge < -0.3 is 14.6 Å². The van der Waals surface area contributed by atoms with E-state index in [0.717, 1.165) is 10.9 Å². The first-order valence-electron chi connectivity index (χ1n) is 7.27. The van der Waals surface area contributed by atoms with Crippen molar-refractivity contribution in [3.63, 3.8) is 0 Å². The number of halogens is 1. The molecule has 1 fully saturated rings. The molecule has 1 aliphatic rings. The molecular formula is C15H21BrN2O3. The van der Waals surface area contributed by atoms with E-state index < -0.39 is 5.97 Å². The normalized spacial score (nSPS) is 18.5. The fraction of sp³-hybridized carbons (Fsp3) is 0.600. The van der Waals surface area contributed by atoms with Gasteiger partial charge in [0, 0.05) is 36.2 Å². The average Bonchev–Trinajstić information content (AvgIpc) is 3.02. The number of carbonyl (C=O) groups excluding carboxylic acids is 1. The number of carbonyl (C=O) groups is 2. The first-order chi connectivity index (χ1) is 9.88. The van der Waals surface area contributed by atoms with Crippen molar-refractivity contribution in [3.8, 4) is 0 Å². The van der Waals surface area contributed by atoms with Gasteiger partial charge in [-0.05, 0) is 54.6 Å². The predicted molar refractivity (Wildman–Crippen MR) is 83.4 cm³/mol. The summed E-state index contributed by atoms with van der Waals surface area (Å²) >= 11 is 3.42.